The highest BCUT2D eigenvalue weighted by Gasteiger charge is 2.13. The molecule has 0 saturated carbocycles. The van der Waals surface area contributed by atoms with Gasteiger partial charge in [0.05, 0.1) is 45.3 Å². The zero-order valence-corrected chi connectivity index (χ0v) is 11.8. The molecule has 0 spiro atoms. The highest BCUT2D eigenvalue weighted by atomic mass is 32.2. The van der Waals surface area contributed by atoms with Crippen LogP contribution >= 0.6 is 11.8 Å². The average molecular weight is 287 g/mol. The second-order valence-electron chi connectivity index (χ2n) is 4.43. The lowest BCUT2D eigenvalue weighted by molar-refractivity contribution is 0.0413. The van der Waals surface area contributed by atoms with Gasteiger partial charge in [0.2, 0.25) is 0 Å². The van der Waals surface area contributed by atoms with Crippen molar-refractivity contribution in [2.24, 2.45) is 0 Å². The van der Waals surface area contributed by atoms with E-state index in [4.69, 9.17) is 14.6 Å². The number of aliphatic hydroxyl groups excluding tert-OH is 1. The minimum absolute atomic E-state index is 0.0294. The minimum Gasteiger partial charge on any atom is -0.394 e. The number of ether oxygens (including phenoxy) is 2. The molecule has 0 aromatic carbocycles. The van der Waals surface area contributed by atoms with Crippen molar-refractivity contribution in [3.05, 3.63) is 11.9 Å². The van der Waals surface area contributed by atoms with Gasteiger partial charge in [0.15, 0.2) is 0 Å². The van der Waals surface area contributed by atoms with Crippen LogP contribution < -0.4 is 0 Å². The van der Waals surface area contributed by atoms with E-state index in [1.807, 2.05) is 18.0 Å². The summed E-state index contributed by atoms with van der Waals surface area (Å²) in [5.41, 5.74) is 0.780. The smallest absolute Gasteiger partial charge is 0.108 e. The van der Waals surface area contributed by atoms with Crippen molar-refractivity contribution in [3.8, 4) is 0 Å². The first-order valence-corrected chi connectivity index (χ1v) is 7.81. The van der Waals surface area contributed by atoms with Gasteiger partial charge in [-0.2, -0.15) is 11.8 Å². The number of nitrogens with zero attached hydrogens (tertiary/aromatic N) is 3. The maximum atomic E-state index is 8.61. The van der Waals surface area contributed by atoms with Crippen LogP contribution in [-0.4, -0.2) is 57.5 Å². The van der Waals surface area contributed by atoms with E-state index in [1.54, 1.807) is 4.68 Å². The zero-order chi connectivity index (χ0) is 13.3. The van der Waals surface area contributed by atoms with E-state index in [9.17, 15) is 0 Å². The van der Waals surface area contributed by atoms with Gasteiger partial charge < -0.3 is 14.6 Å². The van der Waals surface area contributed by atoms with Gasteiger partial charge in [0.1, 0.15) is 5.69 Å². The van der Waals surface area contributed by atoms with Crippen molar-refractivity contribution in [1.82, 2.24) is 15.0 Å². The standard InChI is InChI=1S/C12H21N3O3S/c16-4-6-17-10-11-9-15(14-13-11)3-5-18-12-1-7-19-8-2-12/h9,12,16H,1-8,10H2. The molecule has 19 heavy (non-hydrogen) atoms. The Morgan fingerprint density at radius 2 is 2.21 bits per heavy atom. The molecule has 0 atom stereocenters. The monoisotopic (exact) mass is 287 g/mol. The predicted octanol–water partition coefficient (Wildman–Crippen LogP) is 0.699. The van der Waals surface area contributed by atoms with E-state index in [1.165, 1.54) is 11.5 Å². The summed E-state index contributed by atoms with van der Waals surface area (Å²) in [6, 6.07) is 0. The Hall–Kier alpha value is -0.630. The Balaban J connectivity index is 1.62. The molecule has 1 fully saturated rings. The van der Waals surface area contributed by atoms with Crippen LogP contribution in [0.2, 0.25) is 0 Å². The fourth-order valence-corrected chi connectivity index (χ4v) is 2.97. The van der Waals surface area contributed by atoms with E-state index in [0.717, 1.165) is 25.1 Å². The second kappa shape index (κ2) is 8.52. The Morgan fingerprint density at radius 3 is 3.00 bits per heavy atom. The van der Waals surface area contributed by atoms with Gasteiger partial charge in [-0.05, 0) is 24.3 Å². The molecule has 1 aliphatic rings. The average Bonchev–Trinajstić information content (AvgIpc) is 2.88. The molecule has 2 heterocycles. The van der Waals surface area contributed by atoms with Crippen molar-refractivity contribution < 1.29 is 14.6 Å². The van der Waals surface area contributed by atoms with Gasteiger partial charge in [-0.25, -0.2) is 4.68 Å². The first-order valence-electron chi connectivity index (χ1n) is 6.65. The maximum Gasteiger partial charge on any atom is 0.108 e. The number of hydrogen-bond donors (Lipinski definition) is 1. The second-order valence-corrected chi connectivity index (χ2v) is 5.66. The Labute approximate surface area is 117 Å². The van der Waals surface area contributed by atoms with Crippen LogP contribution in [0.5, 0.6) is 0 Å². The van der Waals surface area contributed by atoms with E-state index < -0.39 is 0 Å². The van der Waals surface area contributed by atoms with Crippen LogP contribution in [-0.2, 0) is 22.6 Å². The van der Waals surface area contributed by atoms with E-state index in [-0.39, 0.29) is 6.61 Å². The lowest BCUT2D eigenvalue weighted by Crippen LogP contribution is -2.21. The zero-order valence-electron chi connectivity index (χ0n) is 11.0. The van der Waals surface area contributed by atoms with E-state index >= 15 is 0 Å². The van der Waals surface area contributed by atoms with Gasteiger partial charge in [-0.1, -0.05) is 5.21 Å². The molecular weight excluding hydrogens is 266 g/mol. The van der Waals surface area contributed by atoms with Crippen LogP contribution in [0.3, 0.4) is 0 Å². The third kappa shape index (κ3) is 5.48. The SMILES string of the molecule is OCCOCc1cn(CCOC2CCSCC2)nn1. The van der Waals surface area contributed by atoms with Crippen LogP contribution in [0.15, 0.2) is 6.20 Å². The molecule has 1 aromatic heterocycles. The van der Waals surface area contributed by atoms with E-state index in [0.29, 0.717) is 25.9 Å². The molecular formula is C12H21N3O3S. The maximum absolute atomic E-state index is 8.61. The largest absolute Gasteiger partial charge is 0.394 e. The molecule has 1 aliphatic heterocycles. The topological polar surface area (TPSA) is 69.4 Å². The fourth-order valence-electron chi connectivity index (χ4n) is 1.91. The van der Waals surface area contributed by atoms with Crippen molar-refractivity contribution >= 4 is 11.8 Å². The Morgan fingerprint density at radius 1 is 1.37 bits per heavy atom. The molecule has 7 heteroatoms. The van der Waals surface area contributed by atoms with Crippen molar-refractivity contribution in [1.29, 1.82) is 0 Å². The third-order valence-corrected chi connectivity index (χ3v) is 3.96. The summed E-state index contributed by atoms with van der Waals surface area (Å²) in [6.07, 6.45) is 4.58. The molecule has 6 nitrogen and oxygen atoms in total. The molecule has 0 radical (unpaired) electrons. The van der Waals surface area contributed by atoms with Crippen LogP contribution in [0.4, 0.5) is 0 Å². The molecule has 0 aliphatic carbocycles. The summed E-state index contributed by atoms with van der Waals surface area (Å²) in [6.45, 7) is 2.14. The molecule has 0 amide bonds. The quantitative estimate of drug-likeness (QED) is 0.710. The Kier molecular flexibility index (Phi) is 6.63. The van der Waals surface area contributed by atoms with Gasteiger partial charge in [-0.3, -0.25) is 0 Å². The summed E-state index contributed by atoms with van der Waals surface area (Å²) < 4.78 is 12.8. The minimum atomic E-state index is 0.0294. The fraction of sp³-hybridized carbons (Fsp3) is 0.833. The van der Waals surface area contributed by atoms with Crippen LogP contribution in [0, 0.1) is 0 Å². The van der Waals surface area contributed by atoms with Crippen molar-refractivity contribution in [2.45, 2.75) is 32.1 Å². The van der Waals surface area contributed by atoms with Crippen molar-refractivity contribution in [2.75, 3.05) is 31.3 Å². The number of aromatic nitrogens is 3. The lowest BCUT2D eigenvalue weighted by Gasteiger charge is -2.21. The first-order chi connectivity index (χ1) is 9.38. The number of rotatable bonds is 8. The molecule has 1 N–H and O–H groups in total. The van der Waals surface area contributed by atoms with Crippen LogP contribution in [0.1, 0.15) is 18.5 Å². The molecule has 0 bridgehead atoms. The number of thioether (sulfide) groups is 1. The summed E-state index contributed by atoms with van der Waals surface area (Å²) in [7, 11) is 0. The van der Waals surface area contributed by atoms with Gasteiger partial charge in [0.25, 0.3) is 0 Å². The lowest BCUT2D eigenvalue weighted by atomic mass is 10.2. The molecule has 0 unspecified atom stereocenters. The van der Waals surface area contributed by atoms with E-state index in [2.05, 4.69) is 10.3 Å². The summed E-state index contributed by atoms with van der Waals surface area (Å²) >= 11 is 2.00. The molecule has 2 rings (SSSR count). The Bertz CT molecular complexity index is 356. The number of hydrogen-bond acceptors (Lipinski definition) is 6. The highest BCUT2D eigenvalue weighted by molar-refractivity contribution is 7.99. The molecule has 108 valence electrons. The molecule has 1 aromatic rings. The normalized spacial score (nSPS) is 16.9. The summed E-state index contributed by atoms with van der Waals surface area (Å²) in [5, 5.41) is 16.6. The van der Waals surface area contributed by atoms with Crippen molar-refractivity contribution in [3.63, 3.8) is 0 Å². The number of aliphatic hydroxyl groups is 1. The summed E-state index contributed by atoms with van der Waals surface area (Å²) in [5.74, 6) is 2.42. The predicted molar refractivity (Wildman–Crippen MR) is 73.1 cm³/mol. The summed E-state index contributed by atoms with van der Waals surface area (Å²) in [4.78, 5) is 0. The van der Waals surface area contributed by atoms with Gasteiger partial charge >= 0.3 is 0 Å². The highest BCUT2D eigenvalue weighted by Crippen LogP contribution is 2.19. The third-order valence-electron chi connectivity index (χ3n) is 2.91. The molecule has 1 saturated heterocycles. The first kappa shape index (κ1) is 14.8. The van der Waals surface area contributed by atoms with Crippen LogP contribution in [0.25, 0.3) is 0 Å². The van der Waals surface area contributed by atoms with Gasteiger partial charge in [0, 0.05) is 0 Å². The van der Waals surface area contributed by atoms with Gasteiger partial charge in [-0.15, -0.1) is 5.10 Å².